The molecule has 1 aromatic rings. The van der Waals surface area contributed by atoms with Crippen LogP contribution in [-0.2, 0) is 16.0 Å². The lowest BCUT2D eigenvalue weighted by Gasteiger charge is -2.33. The molecule has 0 radical (unpaired) electrons. The predicted molar refractivity (Wildman–Crippen MR) is 81.4 cm³/mol. The van der Waals surface area contributed by atoms with Crippen molar-refractivity contribution in [3.05, 3.63) is 21.9 Å². The Labute approximate surface area is 128 Å². The van der Waals surface area contributed by atoms with Crippen LogP contribution < -0.4 is 0 Å². The van der Waals surface area contributed by atoms with Crippen LogP contribution in [0.4, 0.5) is 0 Å². The molecule has 0 spiro atoms. The summed E-state index contributed by atoms with van der Waals surface area (Å²) in [5.41, 5.74) is 0. The molecule has 5 heteroatoms. The fourth-order valence-electron chi connectivity index (χ4n) is 3.86. The Morgan fingerprint density at radius 1 is 1.33 bits per heavy atom. The molecule has 0 aromatic carbocycles. The van der Waals surface area contributed by atoms with E-state index in [1.165, 1.54) is 11.3 Å². The number of aryl methyl sites for hydroxylation is 1. The third-order valence-electron chi connectivity index (χ3n) is 4.78. The van der Waals surface area contributed by atoms with Gasteiger partial charge in [-0.1, -0.05) is 12.8 Å². The van der Waals surface area contributed by atoms with Gasteiger partial charge >= 0.3 is 5.97 Å². The van der Waals surface area contributed by atoms with Crippen LogP contribution in [0, 0.1) is 12.8 Å². The molecule has 2 fully saturated rings. The van der Waals surface area contributed by atoms with E-state index in [1.807, 2.05) is 19.1 Å². The van der Waals surface area contributed by atoms with Gasteiger partial charge in [-0.15, -0.1) is 11.3 Å². The number of amides is 1. The summed E-state index contributed by atoms with van der Waals surface area (Å²) in [5.74, 6) is -0.479. The average Bonchev–Trinajstić information content (AvgIpc) is 3.02. The first-order chi connectivity index (χ1) is 10.1. The van der Waals surface area contributed by atoms with E-state index in [2.05, 4.69) is 0 Å². The molecule has 114 valence electrons. The Hall–Kier alpha value is -1.36. The molecule has 1 aromatic heterocycles. The van der Waals surface area contributed by atoms with Gasteiger partial charge in [-0.3, -0.25) is 4.79 Å². The van der Waals surface area contributed by atoms with E-state index in [9.17, 15) is 14.7 Å². The average molecular weight is 307 g/mol. The number of carboxylic acid groups (broad SMARTS) is 1. The van der Waals surface area contributed by atoms with Crippen LogP contribution in [0.2, 0.25) is 0 Å². The van der Waals surface area contributed by atoms with Crippen LogP contribution in [0.5, 0.6) is 0 Å². The molecule has 1 amide bonds. The van der Waals surface area contributed by atoms with Crippen molar-refractivity contribution in [2.24, 2.45) is 5.92 Å². The fraction of sp³-hybridized carbons (Fsp3) is 0.625. The molecule has 3 rings (SSSR count). The predicted octanol–water partition coefficient (Wildman–Crippen LogP) is 2.84. The number of nitrogens with zero attached hydrogens (tertiary/aromatic N) is 1. The van der Waals surface area contributed by atoms with Crippen molar-refractivity contribution in [1.29, 1.82) is 0 Å². The zero-order valence-electron chi connectivity index (χ0n) is 12.2. The van der Waals surface area contributed by atoms with Gasteiger partial charge in [0.15, 0.2) is 0 Å². The molecule has 1 saturated carbocycles. The molecule has 1 aliphatic carbocycles. The summed E-state index contributed by atoms with van der Waals surface area (Å²) in [6, 6.07) is 3.51. The topological polar surface area (TPSA) is 57.6 Å². The van der Waals surface area contributed by atoms with Crippen molar-refractivity contribution >= 4 is 23.2 Å². The third kappa shape index (κ3) is 2.84. The van der Waals surface area contributed by atoms with Crippen LogP contribution in [0.25, 0.3) is 0 Å². The van der Waals surface area contributed by atoms with E-state index in [-0.39, 0.29) is 11.9 Å². The van der Waals surface area contributed by atoms with Gasteiger partial charge in [0.2, 0.25) is 5.91 Å². The van der Waals surface area contributed by atoms with Gasteiger partial charge in [-0.25, -0.2) is 4.79 Å². The molecule has 2 heterocycles. The number of rotatable bonds is 3. The Bertz CT molecular complexity index is 553. The highest BCUT2D eigenvalue weighted by atomic mass is 32.1. The Morgan fingerprint density at radius 2 is 2.10 bits per heavy atom. The van der Waals surface area contributed by atoms with Gasteiger partial charge in [-0.05, 0) is 44.2 Å². The molecule has 2 aliphatic rings. The van der Waals surface area contributed by atoms with Gasteiger partial charge in [0.25, 0.3) is 0 Å². The van der Waals surface area contributed by atoms with Crippen LogP contribution in [0.1, 0.15) is 41.9 Å². The first kappa shape index (κ1) is 14.6. The summed E-state index contributed by atoms with van der Waals surface area (Å²) in [6.07, 6.45) is 5.27. The molecule has 3 atom stereocenters. The molecule has 21 heavy (non-hydrogen) atoms. The second-order valence-corrected chi connectivity index (χ2v) is 7.56. The maximum absolute atomic E-state index is 12.7. The summed E-state index contributed by atoms with van der Waals surface area (Å²) in [7, 11) is 0. The van der Waals surface area contributed by atoms with E-state index in [1.54, 1.807) is 16.2 Å². The molecular formula is C16H21NO3S. The fourth-order valence-corrected chi connectivity index (χ4v) is 4.74. The zero-order chi connectivity index (χ0) is 15.0. The van der Waals surface area contributed by atoms with Crippen molar-refractivity contribution in [3.8, 4) is 0 Å². The van der Waals surface area contributed by atoms with Gasteiger partial charge in [0, 0.05) is 15.8 Å². The van der Waals surface area contributed by atoms with E-state index >= 15 is 0 Å². The number of carbonyl (C=O) groups excluding carboxylic acids is 1. The molecule has 3 unspecified atom stereocenters. The van der Waals surface area contributed by atoms with E-state index in [0.717, 1.165) is 24.1 Å². The number of carbonyl (C=O) groups is 2. The van der Waals surface area contributed by atoms with E-state index in [4.69, 9.17) is 0 Å². The summed E-state index contributed by atoms with van der Waals surface area (Å²) < 4.78 is 0. The minimum Gasteiger partial charge on any atom is -0.480 e. The number of fused-ring (bicyclic) bond motifs is 1. The van der Waals surface area contributed by atoms with E-state index in [0.29, 0.717) is 18.8 Å². The normalized spacial score (nSPS) is 28.4. The molecule has 4 nitrogen and oxygen atoms in total. The molecule has 0 bridgehead atoms. The largest absolute Gasteiger partial charge is 0.480 e. The van der Waals surface area contributed by atoms with E-state index < -0.39 is 12.0 Å². The minimum absolute atomic E-state index is 0.0151. The standard InChI is InChI=1S/C16H21NO3S/c1-10-6-7-12(21-10)9-15(18)17-13-5-3-2-4-11(13)8-14(17)16(19)20/h6-7,11,13-14H,2-5,8-9H2,1H3,(H,19,20). The second kappa shape index (κ2) is 5.79. The van der Waals surface area contributed by atoms with Crippen LogP contribution in [0.3, 0.4) is 0 Å². The maximum atomic E-state index is 12.7. The monoisotopic (exact) mass is 307 g/mol. The van der Waals surface area contributed by atoms with Crippen molar-refractivity contribution < 1.29 is 14.7 Å². The molecule has 1 N–H and O–H groups in total. The molecule has 1 aliphatic heterocycles. The number of hydrogen-bond donors (Lipinski definition) is 1. The van der Waals surface area contributed by atoms with Gasteiger partial charge in [-0.2, -0.15) is 0 Å². The first-order valence-electron chi connectivity index (χ1n) is 7.65. The van der Waals surface area contributed by atoms with Crippen LogP contribution in [-0.4, -0.2) is 34.0 Å². The highest BCUT2D eigenvalue weighted by Crippen LogP contribution is 2.40. The Morgan fingerprint density at radius 3 is 2.76 bits per heavy atom. The molecular weight excluding hydrogens is 286 g/mol. The third-order valence-corrected chi connectivity index (χ3v) is 5.78. The summed E-state index contributed by atoms with van der Waals surface area (Å²) in [4.78, 5) is 28.1. The van der Waals surface area contributed by atoms with Crippen molar-refractivity contribution in [3.63, 3.8) is 0 Å². The zero-order valence-corrected chi connectivity index (χ0v) is 13.1. The van der Waals surface area contributed by atoms with Gasteiger partial charge in [0.05, 0.1) is 6.42 Å². The first-order valence-corrected chi connectivity index (χ1v) is 8.47. The van der Waals surface area contributed by atoms with Gasteiger partial charge in [0.1, 0.15) is 6.04 Å². The minimum atomic E-state index is -0.847. The Balaban J connectivity index is 1.79. The smallest absolute Gasteiger partial charge is 0.326 e. The van der Waals surface area contributed by atoms with Gasteiger partial charge < -0.3 is 10.0 Å². The second-order valence-electron chi connectivity index (χ2n) is 6.19. The number of thiophene rings is 1. The van der Waals surface area contributed by atoms with Crippen molar-refractivity contribution in [2.75, 3.05) is 0 Å². The van der Waals surface area contributed by atoms with Crippen LogP contribution >= 0.6 is 11.3 Å². The lowest BCUT2D eigenvalue weighted by molar-refractivity contribution is -0.149. The lowest BCUT2D eigenvalue weighted by Crippen LogP contribution is -2.46. The maximum Gasteiger partial charge on any atom is 0.326 e. The Kier molecular flexibility index (Phi) is 4.02. The van der Waals surface area contributed by atoms with Crippen molar-refractivity contribution in [2.45, 2.75) is 57.5 Å². The quantitative estimate of drug-likeness (QED) is 0.934. The number of aliphatic carboxylic acids is 1. The summed E-state index contributed by atoms with van der Waals surface area (Å²) >= 11 is 1.62. The highest BCUT2D eigenvalue weighted by molar-refractivity contribution is 7.12. The summed E-state index contributed by atoms with van der Waals surface area (Å²) in [6.45, 7) is 2.02. The number of hydrogen-bond acceptors (Lipinski definition) is 3. The molecule has 1 saturated heterocycles. The van der Waals surface area contributed by atoms with Crippen molar-refractivity contribution in [1.82, 2.24) is 4.90 Å². The SMILES string of the molecule is Cc1ccc(CC(=O)N2C(C(=O)O)CC3CCCCC32)s1. The summed E-state index contributed by atoms with van der Waals surface area (Å²) in [5, 5.41) is 9.46. The highest BCUT2D eigenvalue weighted by Gasteiger charge is 2.47. The number of carboxylic acids is 1. The lowest BCUT2D eigenvalue weighted by atomic mass is 9.84. The van der Waals surface area contributed by atoms with Crippen LogP contribution in [0.15, 0.2) is 12.1 Å². The number of likely N-dealkylation sites (tertiary alicyclic amines) is 1.